The summed E-state index contributed by atoms with van der Waals surface area (Å²) in [6, 6.07) is 78.5. The molecule has 13 rings (SSSR count). The summed E-state index contributed by atoms with van der Waals surface area (Å²) in [4.78, 5) is 5.14. The molecule has 0 bridgehead atoms. The number of hydrogen-bond acceptors (Lipinski definition) is 1. The monoisotopic (exact) mass is 807 g/mol. The molecule has 9 aromatic carbocycles. The Kier molecular flexibility index (Phi) is 7.72. The third-order valence-electron chi connectivity index (χ3n) is 12.8. The summed E-state index contributed by atoms with van der Waals surface area (Å²) < 4.78 is 11.8. The largest absolute Gasteiger partial charge is 0.309 e. The number of imidazole rings is 2. The van der Waals surface area contributed by atoms with E-state index >= 15 is 0 Å². The fourth-order valence-electron chi connectivity index (χ4n) is 10.0. The van der Waals surface area contributed by atoms with E-state index in [-0.39, 0.29) is 0 Å². The van der Waals surface area contributed by atoms with Gasteiger partial charge in [0.05, 0.1) is 45.7 Å². The number of aromatic nitrogens is 6. The summed E-state index contributed by atoms with van der Waals surface area (Å²) >= 11 is 0. The molecule has 0 spiro atoms. The quantitative estimate of drug-likeness (QED) is 0.154. The highest BCUT2D eigenvalue weighted by molar-refractivity contribution is 6.19. The van der Waals surface area contributed by atoms with Crippen molar-refractivity contribution in [3.8, 4) is 45.5 Å². The molecule has 6 nitrogen and oxygen atoms in total. The number of benzene rings is 9. The number of fused-ring (bicyclic) bond motifs is 8. The topological polar surface area (TPSA) is 36.5 Å². The van der Waals surface area contributed by atoms with Gasteiger partial charge in [-0.2, -0.15) is 4.57 Å². The Balaban J connectivity index is 0.964. The molecule has 0 aliphatic carbocycles. The van der Waals surface area contributed by atoms with Crippen molar-refractivity contribution >= 4 is 65.7 Å². The van der Waals surface area contributed by atoms with Gasteiger partial charge in [-0.3, -0.25) is 4.57 Å². The normalized spacial score (nSPS) is 11.9. The molecule has 63 heavy (non-hydrogen) atoms. The summed E-state index contributed by atoms with van der Waals surface area (Å²) in [5.74, 6) is 2.06. The van der Waals surface area contributed by atoms with Gasteiger partial charge in [-0.15, -0.1) is 0 Å². The Bertz CT molecular complexity index is 3890. The van der Waals surface area contributed by atoms with Crippen molar-refractivity contribution in [2.75, 3.05) is 0 Å². The van der Waals surface area contributed by atoms with Crippen molar-refractivity contribution in [2.45, 2.75) is 0 Å². The van der Waals surface area contributed by atoms with E-state index in [0.717, 1.165) is 56.6 Å². The molecule has 0 radical (unpaired) electrons. The lowest BCUT2D eigenvalue weighted by atomic mass is 10.1. The fraction of sp³-hybridized carbons (Fsp3) is 0.0175. The third-order valence-corrected chi connectivity index (χ3v) is 12.8. The van der Waals surface area contributed by atoms with Crippen molar-refractivity contribution < 1.29 is 4.57 Å². The molecule has 0 aliphatic heterocycles. The lowest BCUT2D eigenvalue weighted by molar-refractivity contribution is -0.633. The molecule has 4 aromatic heterocycles. The Morgan fingerprint density at radius 2 is 0.778 bits per heavy atom. The summed E-state index contributed by atoms with van der Waals surface area (Å²) in [5, 5.41) is 4.88. The van der Waals surface area contributed by atoms with Gasteiger partial charge < -0.3 is 9.13 Å². The Morgan fingerprint density at radius 3 is 1.37 bits per heavy atom. The standard InChI is InChI=1S/C57H39N6/c1-59-52-26-14-15-27-53(52)63(41-18-6-3-7-19-41)57(59)39-30-34-43(35-31-39)61-50-24-12-9-21-45(50)47-36-54-46(37-55(47)61)44-20-8-11-23-49(44)60(54)42-32-28-38(29-33-42)56-58-48-22-10-13-25-51(48)62(56)40-16-4-2-5-17-40/h2-37H,1H3/q+1. The van der Waals surface area contributed by atoms with E-state index in [1.165, 1.54) is 54.6 Å². The van der Waals surface area contributed by atoms with E-state index in [9.17, 15) is 0 Å². The van der Waals surface area contributed by atoms with Crippen molar-refractivity contribution in [3.63, 3.8) is 0 Å². The van der Waals surface area contributed by atoms with Crippen LogP contribution in [0.5, 0.6) is 0 Å². The molecule has 0 saturated carbocycles. The molecule has 0 fully saturated rings. The first-order chi connectivity index (χ1) is 31.2. The maximum atomic E-state index is 5.14. The van der Waals surface area contributed by atoms with Gasteiger partial charge in [0.1, 0.15) is 11.5 Å². The van der Waals surface area contributed by atoms with Crippen molar-refractivity contribution in [1.82, 2.24) is 23.3 Å². The minimum atomic E-state index is 0.922. The van der Waals surface area contributed by atoms with Crippen molar-refractivity contribution in [2.24, 2.45) is 7.05 Å². The second kappa shape index (κ2) is 13.8. The number of para-hydroxylation sites is 8. The molecule has 4 heterocycles. The van der Waals surface area contributed by atoms with Crippen molar-refractivity contribution in [1.29, 1.82) is 0 Å². The van der Waals surface area contributed by atoms with Crippen LogP contribution in [0.2, 0.25) is 0 Å². The highest BCUT2D eigenvalue weighted by atomic mass is 15.2. The second-order valence-corrected chi connectivity index (χ2v) is 16.3. The van der Waals surface area contributed by atoms with Crippen LogP contribution in [0.3, 0.4) is 0 Å². The van der Waals surface area contributed by atoms with Crippen LogP contribution in [0.15, 0.2) is 218 Å². The van der Waals surface area contributed by atoms with E-state index in [0.29, 0.717) is 0 Å². The van der Waals surface area contributed by atoms with Crippen LogP contribution < -0.4 is 4.57 Å². The van der Waals surface area contributed by atoms with Crippen LogP contribution in [0.25, 0.3) is 111 Å². The van der Waals surface area contributed by atoms with Gasteiger partial charge in [-0.25, -0.2) is 9.55 Å². The molecule has 0 unspecified atom stereocenters. The predicted octanol–water partition coefficient (Wildman–Crippen LogP) is 13.3. The van der Waals surface area contributed by atoms with E-state index in [4.69, 9.17) is 4.98 Å². The maximum Gasteiger partial charge on any atom is 0.294 e. The van der Waals surface area contributed by atoms with Gasteiger partial charge in [0, 0.05) is 44.2 Å². The van der Waals surface area contributed by atoms with E-state index in [1.54, 1.807) is 0 Å². The molecule has 6 heteroatoms. The van der Waals surface area contributed by atoms with Gasteiger partial charge in [0.2, 0.25) is 0 Å². The lowest BCUT2D eigenvalue weighted by Crippen LogP contribution is -2.30. The molecule has 0 saturated heterocycles. The van der Waals surface area contributed by atoms with Crippen LogP contribution in [0, 0.1) is 0 Å². The Hall–Kier alpha value is -8.48. The van der Waals surface area contributed by atoms with Gasteiger partial charge >= 0.3 is 0 Å². The van der Waals surface area contributed by atoms with Gasteiger partial charge in [-0.1, -0.05) is 97.1 Å². The molecule has 296 valence electrons. The minimum absolute atomic E-state index is 0.922. The highest BCUT2D eigenvalue weighted by Crippen LogP contribution is 2.40. The average molecular weight is 808 g/mol. The zero-order valence-corrected chi connectivity index (χ0v) is 34.5. The Morgan fingerprint density at radius 1 is 0.333 bits per heavy atom. The SMILES string of the molecule is C[n+]1c(-c2ccc(-n3c4ccccc4c4cc5c(cc43)c3ccccc3n5-c3ccc(-c4nc5ccccc5n4-c4ccccc4)cc3)cc2)n(-c2ccccc2)c2ccccc21. The smallest absolute Gasteiger partial charge is 0.294 e. The summed E-state index contributed by atoms with van der Waals surface area (Å²) in [6.07, 6.45) is 0. The van der Waals surface area contributed by atoms with Crippen LogP contribution in [-0.4, -0.2) is 23.3 Å². The van der Waals surface area contributed by atoms with Crippen molar-refractivity contribution in [3.05, 3.63) is 218 Å². The molecule has 0 atom stereocenters. The van der Waals surface area contributed by atoms with Gasteiger partial charge in [0.15, 0.2) is 11.0 Å². The number of aryl methyl sites for hydroxylation is 1. The van der Waals surface area contributed by atoms with E-state index in [1.807, 2.05) is 0 Å². The molecular formula is C57H39N6+. The zero-order chi connectivity index (χ0) is 41.6. The van der Waals surface area contributed by atoms with Gasteiger partial charge in [0.25, 0.3) is 5.82 Å². The van der Waals surface area contributed by atoms with Crippen LogP contribution in [0.4, 0.5) is 0 Å². The fourth-order valence-corrected chi connectivity index (χ4v) is 10.0. The minimum Gasteiger partial charge on any atom is -0.309 e. The summed E-state index contributed by atoms with van der Waals surface area (Å²) in [5.41, 5.74) is 15.8. The number of hydrogen-bond donors (Lipinski definition) is 0. The summed E-state index contributed by atoms with van der Waals surface area (Å²) in [6.45, 7) is 0. The molecule has 0 N–H and O–H groups in total. The molecule has 13 aromatic rings. The van der Waals surface area contributed by atoms with Crippen LogP contribution in [0.1, 0.15) is 0 Å². The van der Waals surface area contributed by atoms with E-state index < -0.39 is 0 Å². The second-order valence-electron chi connectivity index (χ2n) is 16.3. The zero-order valence-electron chi connectivity index (χ0n) is 34.5. The lowest BCUT2D eigenvalue weighted by Gasteiger charge is -2.12. The van der Waals surface area contributed by atoms with E-state index in [2.05, 4.69) is 248 Å². The molecular weight excluding hydrogens is 769 g/mol. The highest BCUT2D eigenvalue weighted by Gasteiger charge is 2.26. The number of nitrogens with zero attached hydrogens (tertiary/aromatic N) is 6. The molecule has 0 amide bonds. The maximum absolute atomic E-state index is 5.14. The average Bonchev–Trinajstić information content (AvgIpc) is 4.08. The summed E-state index contributed by atoms with van der Waals surface area (Å²) in [7, 11) is 2.16. The first kappa shape index (κ1) is 35.3. The Labute approximate surface area is 363 Å². The number of rotatable bonds is 6. The first-order valence-electron chi connectivity index (χ1n) is 21.5. The molecule has 0 aliphatic rings. The van der Waals surface area contributed by atoms with Gasteiger partial charge in [-0.05, 0) is 121 Å². The first-order valence-corrected chi connectivity index (χ1v) is 21.5. The van der Waals surface area contributed by atoms with Crippen LogP contribution in [-0.2, 0) is 7.05 Å². The third kappa shape index (κ3) is 5.31. The van der Waals surface area contributed by atoms with Crippen LogP contribution >= 0.6 is 0 Å². The predicted molar refractivity (Wildman–Crippen MR) is 259 cm³/mol.